The van der Waals surface area contributed by atoms with E-state index in [-0.39, 0.29) is 35.2 Å². The molecule has 43 heavy (non-hydrogen) atoms. The van der Waals surface area contributed by atoms with Gasteiger partial charge < -0.3 is 14.7 Å². The molecular weight excluding hydrogens is 601 g/mol. The molecule has 230 valence electrons. The van der Waals surface area contributed by atoms with Crippen LogP contribution in [0.2, 0.25) is 10.0 Å². The molecule has 0 aromatic heterocycles. The van der Waals surface area contributed by atoms with Crippen molar-refractivity contribution >= 4 is 47.4 Å². The van der Waals surface area contributed by atoms with Gasteiger partial charge in [-0.25, -0.2) is 0 Å². The average molecular weight is 643 g/mol. The molecule has 2 saturated heterocycles. The van der Waals surface area contributed by atoms with Gasteiger partial charge >= 0.3 is 0 Å². The van der Waals surface area contributed by atoms with Gasteiger partial charge in [0, 0.05) is 51.1 Å². The standard InChI is InChI=1S/C35H41Cl2N3O2.ClH/c1-27(41)38(2)35(29-13-7-4-8-14-29)19-23-39(24-20-35)21-9-17-34(30-15-16-31(36)32(37)25-30)18-10-22-40(26-34)33(42)28-11-5-3-6-12-28;/h3-8,11-16,25H,9-10,17-24,26H2,1-2H3;1H/t34-;/m1./s1. The quantitative estimate of drug-likeness (QED) is 0.252. The van der Waals surface area contributed by atoms with Crippen LogP contribution in [-0.2, 0) is 15.7 Å². The second kappa shape index (κ2) is 14.5. The summed E-state index contributed by atoms with van der Waals surface area (Å²) in [5.41, 5.74) is 2.65. The number of likely N-dealkylation sites (tertiary alicyclic amines) is 2. The summed E-state index contributed by atoms with van der Waals surface area (Å²) in [6, 6.07) is 26.0. The van der Waals surface area contributed by atoms with Crippen LogP contribution in [0.5, 0.6) is 0 Å². The Morgan fingerprint density at radius 3 is 2.12 bits per heavy atom. The van der Waals surface area contributed by atoms with E-state index < -0.39 is 0 Å². The zero-order valence-electron chi connectivity index (χ0n) is 25.1. The Balaban J connectivity index is 0.00000423. The van der Waals surface area contributed by atoms with E-state index in [0.29, 0.717) is 16.6 Å². The smallest absolute Gasteiger partial charge is 0.253 e. The van der Waals surface area contributed by atoms with Crippen molar-refractivity contribution in [2.75, 3.05) is 39.8 Å². The lowest BCUT2D eigenvalue weighted by Crippen LogP contribution is -2.53. The molecule has 8 heteroatoms. The Bertz CT molecular complexity index is 1380. The molecule has 0 aliphatic carbocycles. The maximum atomic E-state index is 13.5. The predicted octanol–water partition coefficient (Wildman–Crippen LogP) is 7.84. The summed E-state index contributed by atoms with van der Waals surface area (Å²) >= 11 is 12.8. The molecule has 0 N–H and O–H groups in total. The largest absolute Gasteiger partial charge is 0.338 e. The summed E-state index contributed by atoms with van der Waals surface area (Å²) in [5, 5.41) is 1.11. The van der Waals surface area contributed by atoms with Gasteiger partial charge in [-0.3, -0.25) is 9.59 Å². The fourth-order valence-electron chi connectivity index (χ4n) is 7.13. The molecule has 2 heterocycles. The lowest BCUT2D eigenvalue weighted by Gasteiger charge is -2.48. The number of benzene rings is 3. The van der Waals surface area contributed by atoms with Crippen molar-refractivity contribution in [3.05, 3.63) is 106 Å². The van der Waals surface area contributed by atoms with Crippen molar-refractivity contribution < 1.29 is 9.59 Å². The molecule has 0 saturated carbocycles. The number of piperidine rings is 2. The highest BCUT2D eigenvalue weighted by Gasteiger charge is 2.42. The molecule has 2 aliphatic heterocycles. The summed E-state index contributed by atoms with van der Waals surface area (Å²) < 4.78 is 0. The number of halogens is 3. The second-order valence-electron chi connectivity index (χ2n) is 12.0. The Morgan fingerprint density at radius 1 is 0.837 bits per heavy atom. The highest BCUT2D eigenvalue weighted by molar-refractivity contribution is 6.42. The maximum Gasteiger partial charge on any atom is 0.253 e. The molecule has 3 aromatic carbocycles. The van der Waals surface area contributed by atoms with Crippen LogP contribution in [0.15, 0.2) is 78.9 Å². The van der Waals surface area contributed by atoms with Crippen molar-refractivity contribution in [2.45, 2.75) is 56.4 Å². The molecule has 1 atom stereocenters. The monoisotopic (exact) mass is 641 g/mol. The molecule has 5 rings (SSSR count). The second-order valence-corrected chi connectivity index (χ2v) is 12.8. The number of carbonyl (C=O) groups is 2. The van der Waals surface area contributed by atoms with E-state index >= 15 is 0 Å². The van der Waals surface area contributed by atoms with Crippen molar-refractivity contribution in [3.63, 3.8) is 0 Å². The van der Waals surface area contributed by atoms with Crippen molar-refractivity contribution in [1.82, 2.24) is 14.7 Å². The Labute approximate surface area is 272 Å². The number of amides is 2. The zero-order chi connectivity index (χ0) is 29.7. The summed E-state index contributed by atoms with van der Waals surface area (Å²) in [5.74, 6) is 0.186. The first-order valence-electron chi connectivity index (χ1n) is 15.1. The zero-order valence-corrected chi connectivity index (χ0v) is 27.4. The predicted molar refractivity (Wildman–Crippen MR) is 178 cm³/mol. The van der Waals surface area contributed by atoms with E-state index in [1.54, 1.807) is 6.92 Å². The van der Waals surface area contributed by atoms with Crippen LogP contribution >= 0.6 is 35.6 Å². The molecule has 3 aromatic rings. The topological polar surface area (TPSA) is 43.9 Å². The van der Waals surface area contributed by atoms with Gasteiger partial charge in [0.1, 0.15) is 0 Å². The fraction of sp³-hybridized carbons (Fsp3) is 0.429. The van der Waals surface area contributed by atoms with Crippen LogP contribution in [0.1, 0.15) is 66.9 Å². The van der Waals surface area contributed by atoms with E-state index in [1.165, 1.54) is 5.56 Å². The van der Waals surface area contributed by atoms with Gasteiger partial charge in [0.2, 0.25) is 5.91 Å². The van der Waals surface area contributed by atoms with Crippen LogP contribution in [0, 0.1) is 0 Å². The third-order valence-electron chi connectivity index (χ3n) is 9.66. The van der Waals surface area contributed by atoms with Gasteiger partial charge in [-0.15, -0.1) is 12.4 Å². The number of hydrogen-bond donors (Lipinski definition) is 0. The van der Waals surface area contributed by atoms with Gasteiger partial charge in [-0.05, 0) is 80.5 Å². The van der Waals surface area contributed by atoms with Crippen molar-refractivity contribution in [2.24, 2.45) is 0 Å². The summed E-state index contributed by atoms with van der Waals surface area (Å²) in [7, 11) is 1.94. The van der Waals surface area contributed by atoms with E-state index in [1.807, 2.05) is 65.4 Å². The molecular formula is C35H42Cl3N3O2. The number of hydrogen-bond acceptors (Lipinski definition) is 3. The molecule has 0 spiro atoms. The normalized spacial score (nSPS) is 20.2. The third-order valence-corrected chi connectivity index (χ3v) is 10.4. The lowest BCUT2D eigenvalue weighted by atomic mass is 9.70. The van der Waals surface area contributed by atoms with Gasteiger partial charge in [0.15, 0.2) is 0 Å². The minimum Gasteiger partial charge on any atom is -0.338 e. The number of rotatable bonds is 8. The van der Waals surface area contributed by atoms with Crippen molar-refractivity contribution in [1.29, 1.82) is 0 Å². The third kappa shape index (κ3) is 7.23. The van der Waals surface area contributed by atoms with Gasteiger partial charge in [-0.1, -0.05) is 77.8 Å². The molecule has 5 nitrogen and oxygen atoms in total. The molecule has 0 bridgehead atoms. The SMILES string of the molecule is CC(=O)N(C)C1(c2ccccc2)CCN(CCC[C@@]2(c3ccc(Cl)c(Cl)c3)CCCN(C(=O)c3ccccc3)C2)CC1.Cl. The number of nitrogens with zero attached hydrogens (tertiary/aromatic N) is 3. The van der Waals surface area contributed by atoms with Gasteiger partial charge in [-0.2, -0.15) is 0 Å². The molecule has 2 aliphatic rings. The first-order valence-corrected chi connectivity index (χ1v) is 15.8. The first kappa shape index (κ1) is 33.3. The molecule has 2 amide bonds. The highest BCUT2D eigenvalue weighted by Crippen LogP contribution is 2.42. The fourth-order valence-corrected chi connectivity index (χ4v) is 7.43. The van der Waals surface area contributed by atoms with Crippen LogP contribution in [-0.4, -0.2) is 66.3 Å². The first-order chi connectivity index (χ1) is 20.2. The minimum absolute atomic E-state index is 0. The van der Waals surface area contributed by atoms with Crippen LogP contribution in [0.25, 0.3) is 0 Å². The van der Waals surface area contributed by atoms with Gasteiger partial charge in [0.25, 0.3) is 5.91 Å². The summed E-state index contributed by atoms with van der Waals surface area (Å²) in [6.07, 6.45) is 5.73. The average Bonchev–Trinajstić information content (AvgIpc) is 3.03. The summed E-state index contributed by atoms with van der Waals surface area (Å²) in [4.78, 5) is 32.5. The Morgan fingerprint density at radius 2 is 1.49 bits per heavy atom. The Kier molecular flexibility index (Phi) is 11.2. The molecule has 0 radical (unpaired) electrons. The van der Waals surface area contributed by atoms with Crippen LogP contribution in [0.4, 0.5) is 0 Å². The van der Waals surface area contributed by atoms with Crippen LogP contribution < -0.4 is 0 Å². The Hall–Kier alpha value is -2.57. The van der Waals surface area contributed by atoms with E-state index in [4.69, 9.17) is 23.2 Å². The van der Waals surface area contributed by atoms with Crippen LogP contribution in [0.3, 0.4) is 0 Å². The molecule has 2 fully saturated rings. The van der Waals surface area contributed by atoms with E-state index in [0.717, 1.165) is 75.8 Å². The van der Waals surface area contributed by atoms with E-state index in [2.05, 4.69) is 35.2 Å². The number of carbonyl (C=O) groups excluding carboxylic acids is 2. The van der Waals surface area contributed by atoms with Crippen molar-refractivity contribution in [3.8, 4) is 0 Å². The minimum atomic E-state index is -0.271. The summed E-state index contributed by atoms with van der Waals surface area (Å²) in [6.45, 7) is 5.93. The maximum absolute atomic E-state index is 13.5. The van der Waals surface area contributed by atoms with Gasteiger partial charge in [0.05, 0.1) is 15.6 Å². The highest BCUT2D eigenvalue weighted by atomic mass is 35.5. The molecule has 0 unspecified atom stereocenters. The van der Waals surface area contributed by atoms with E-state index in [9.17, 15) is 9.59 Å². The lowest BCUT2D eigenvalue weighted by molar-refractivity contribution is -0.136.